The molecule has 0 amide bonds. The minimum absolute atomic E-state index is 0.188. The maximum Gasteiger partial charge on any atom is 0.146 e. The van der Waals surface area contributed by atoms with Gasteiger partial charge in [0.1, 0.15) is 5.82 Å². The van der Waals surface area contributed by atoms with E-state index in [1.54, 1.807) is 6.07 Å². The highest BCUT2D eigenvalue weighted by Crippen LogP contribution is 2.24. The fraction of sp³-hybridized carbons (Fsp3) is 0.200. The van der Waals surface area contributed by atoms with Crippen LogP contribution in [0.25, 0.3) is 11.1 Å². The number of hydrogen-bond donors (Lipinski definition) is 1. The molecule has 0 saturated heterocycles. The third-order valence-corrected chi connectivity index (χ3v) is 2.91. The second-order valence-corrected chi connectivity index (χ2v) is 4.51. The lowest BCUT2D eigenvalue weighted by atomic mass is 9.98. The highest BCUT2D eigenvalue weighted by Gasteiger charge is 2.03. The van der Waals surface area contributed by atoms with E-state index >= 15 is 0 Å². The van der Waals surface area contributed by atoms with Crippen LogP contribution in [0.3, 0.4) is 0 Å². The zero-order valence-electron chi connectivity index (χ0n) is 10.1. The Hall–Kier alpha value is -1.83. The molecule has 1 nitrogen and oxygen atoms in total. The molecular formula is C15H16FN. The van der Waals surface area contributed by atoms with Crippen molar-refractivity contribution in [2.24, 2.45) is 0 Å². The Morgan fingerprint density at radius 3 is 2.06 bits per heavy atom. The molecule has 0 aromatic heterocycles. The highest BCUT2D eigenvalue weighted by molar-refractivity contribution is 5.66. The predicted molar refractivity (Wildman–Crippen MR) is 70.3 cm³/mol. The van der Waals surface area contributed by atoms with Gasteiger partial charge in [0.15, 0.2) is 0 Å². The molecule has 0 aliphatic carbocycles. The first-order chi connectivity index (χ1) is 8.08. The molecule has 0 saturated carbocycles. The summed E-state index contributed by atoms with van der Waals surface area (Å²) in [5, 5.41) is 0. The molecule has 0 atom stereocenters. The summed E-state index contributed by atoms with van der Waals surface area (Å²) < 4.78 is 13.3. The lowest BCUT2D eigenvalue weighted by Crippen LogP contribution is -1.91. The summed E-state index contributed by atoms with van der Waals surface area (Å²) in [5.74, 6) is 0.141. The Morgan fingerprint density at radius 1 is 0.941 bits per heavy atom. The first kappa shape index (κ1) is 11.6. The molecule has 2 heteroatoms. The summed E-state index contributed by atoms with van der Waals surface area (Å²) in [7, 11) is 0. The SMILES string of the molecule is CC(C)c1ccc(-c2ccc(N)c(F)c2)cc1. The van der Waals surface area contributed by atoms with Crippen molar-refractivity contribution in [2.45, 2.75) is 19.8 Å². The van der Waals surface area contributed by atoms with Crippen LogP contribution in [-0.2, 0) is 0 Å². The van der Waals surface area contributed by atoms with Crippen molar-refractivity contribution >= 4 is 5.69 Å². The van der Waals surface area contributed by atoms with E-state index in [-0.39, 0.29) is 11.5 Å². The maximum atomic E-state index is 13.3. The van der Waals surface area contributed by atoms with Gasteiger partial charge in [-0.05, 0) is 34.7 Å². The lowest BCUT2D eigenvalue weighted by Gasteiger charge is -2.07. The van der Waals surface area contributed by atoms with Crippen molar-refractivity contribution in [1.29, 1.82) is 0 Å². The average molecular weight is 229 g/mol. The van der Waals surface area contributed by atoms with Crippen molar-refractivity contribution in [3.8, 4) is 11.1 Å². The van der Waals surface area contributed by atoms with Gasteiger partial charge >= 0.3 is 0 Å². The minimum atomic E-state index is -0.365. The van der Waals surface area contributed by atoms with E-state index in [1.807, 2.05) is 18.2 Å². The molecule has 0 unspecified atom stereocenters. The van der Waals surface area contributed by atoms with E-state index in [9.17, 15) is 4.39 Å². The van der Waals surface area contributed by atoms with Gasteiger partial charge in [-0.2, -0.15) is 0 Å². The van der Waals surface area contributed by atoms with Crippen LogP contribution in [0.2, 0.25) is 0 Å². The molecular weight excluding hydrogens is 213 g/mol. The number of benzene rings is 2. The van der Waals surface area contributed by atoms with Gasteiger partial charge in [-0.15, -0.1) is 0 Å². The number of rotatable bonds is 2. The second kappa shape index (κ2) is 4.58. The van der Waals surface area contributed by atoms with E-state index in [0.717, 1.165) is 11.1 Å². The standard InChI is InChI=1S/C15H16FN/c1-10(2)11-3-5-12(6-4-11)13-7-8-15(17)14(16)9-13/h3-10H,17H2,1-2H3. The molecule has 0 radical (unpaired) electrons. The summed E-state index contributed by atoms with van der Waals surface area (Å²) in [5.41, 5.74) is 8.79. The summed E-state index contributed by atoms with van der Waals surface area (Å²) >= 11 is 0. The maximum absolute atomic E-state index is 13.3. The Bertz CT molecular complexity index is 515. The van der Waals surface area contributed by atoms with Crippen LogP contribution in [0, 0.1) is 5.82 Å². The normalized spacial score (nSPS) is 10.8. The summed E-state index contributed by atoms with van der Waals surface area (Å²) in [6.45, 7) is 4.30. The topological polar surface area (TPSA) is 26.0 Å². The lowest BCUT2D eigenvalue weighted by molar-refractivity contribution is 0.633. The third kappa shape index (κ3) is 2.47. The van der Waals surface area contributed by atoms with Crippen LogP contribution in [0.15, 0.2) is 42.5 Å². The first-order valence-corrected chi connectivity index (χ1v) is 5.73. The average Bonchev–Trinajstić information content (AvgIpc) is 2.33. The number of hydrogen-bond acceptors (Lipinski definition) is 1. The Morgan fingerprint density at radius 2 is 1.53 bits per heavy atom. The van der Waals surface area contributed by atoms with E-state index in [1.165, 1.54) is 11.6 Å². The molecule has 17 heavy (non-hydrogen) atoms. The molecule has 0 spiro atoms. The van der Waals surface area contributed by atoms with E-state index in [4.69, 9.17) is 5.73 Å². The quantitative estimate of drug-likeness (QED) is 0.767. The van der Waals surface area contributed by atoms with Crippen LogP contribution in [0.4, 0.5) is 10.1 Å². The van der Waals surface area contributed by atoms with Crippen molar-refractivity contribution in [3.05, 3.63) is 53.8 Å². The van der Waals surface area contributed by atoms with E-state index in [2.05, 4.69) is 26.0 Å². The molecule has 0 aliphatic heterocycles. The summed E-state index contributed by atoms with van der Waals surface area (Å²) in [4.78, 5) is 0. The van der Waals surface area contributed by atoms with Crippen molar-refractivity contribution in [3.63, 3.8) is 0 Å². The van der Waals surface area contributed by atoms with Crippen LogP contribution < -0.4 is 5.73 Å². The Labute approximate surface area is 101 Å². The zero-order valence-corrected chi connectivity index (χ0v) is 10.1. The van der Waals surface area contributed by atoms with Crippen LogP contribution >= 0.6 is 0 Å². The van der Waals surface area contributed by atoms with Gasteiger partial charge in [-0.3, -0.25) is 0 Å². The number of anilines is 1. The molecule has 2 aromatic rings. The van der Waals surface area contributed by atoms with Gasteiger partial charge in [-0.25, -0.2) is 4.39 Å². The largest absolute Gasteiger partial charge is 0.396 e. The van der Waals surface area contributed by atoms with Gasteiger partial charge in [0.2, 0.25) is 0 Å². The number of nitrogen functional groups attached to an aromatic ring is 1. The monoisotopic (exact) mass is 229 g/mol. The first-order valence-electron chi connectivity index (χ1n) is 5.73. The molecule has 0 aliphatic rings. The fourth-order valence-corrected chi connectivity index (χ4v) is 1.77. The summed E-state index contributed by atoms with van der Waals surface area (Å²) in [6.07, 6.45) is 0. The number of nitrogens with two attached hydrogens (primary N) is 1. The van der Waals surface area contributed by atoms with E-state index < -0.39 is 0 Å². The van der Waals surface area contributed by atoms with Crippen LogP contribution in [0.5, 0.6) is 0 Å². The molecule has 2 aromatic carbocycles. The molecule has 2 N–H and O–H groups in total. The second-order valence-electron chi connectivity index (χ2n) is 4.51. The van der Waals surface area contributed by atoms with Crippen LogP contribution in [0.1, 0.15) is 25.3 Å². The molecule has 0 fully saturated rings. The van der Waals surface area contributed by atoms with Gasteiger partial charge < -0.3 is 5.73 Å². The molecule has 88 valence electrons. The summed E-state index contributed by atoms with van der Waals surface area (Å²) in [6, 6.07) is 13.1. The van der Waals surface area contributed by atoms with E-state index in [0.29, 0.717) is 5.92 Å². The Kier molecular flexibility index (Phi) is 3.14. The van der Waals surface area contributed by atoms with Crippen molar-refractivity contribution < 1.29 is 4.39 Å². The number of halogens is 1. The van der Waals surface area contributed by atoms with Crippen molar-refractivity contribution in [2.75, 3.05) is 5.73 Å². The van der Waals surface area contributed by atoms with Gasteiger partial charge in [0, 0.05) is 0 Å². The Balaban J connectivity index is 2.36. The minimum Gasteiger partial charge on any atom is -0.396 e. The molecule has 0 bridgehead atoms. The fourth-order valence-electron chi connectivity index (χ4n) is 1.77. The zero-order chi connectivity index (χ0) is 12.4. The third-order valence-electron chi connectivity index (χ3n) is 2.91. The van der Waals surface area contributed by atoms with Crippen LogP contribution in [-0.4, -0.2) is 0 Å². The smallest absolute Gasteiger partial charge is 0.146 e. The van der Waals surface area contributed by atoms with Gasteiger partial charge in [0.25, 0.3) is 0 Å². The highest BCUT2D eigenvalue weighted by atomic mass is 19.1. The molecule has 0 heterocycles. The predicted octanol–water partition coefficient (Wildman–Crippen LogP) is 4.20. The molecule has 2 rings (SSSR count). The van der Waals surface area contributed by atoms with Crippen molar-refractivity contribution in [1.82, 2.24) is 0 Å². The van der Waals surface area contributed by atoms with Gasteiger partial charge in [-0.1, -0.05) is 44.2 Å². The van der Waals surface area contributed by atoms with Gasteiger partial charge in [0.05, 0.1) is 5.69 Å².